The number of carbonyl (C=O) groups is 1. The average Bonchev–Trinajstić information content (AvgIpc) is 2.67. The summed E-state index contributed by atoms with van der Waals surface area (Å²) in [7, 11) is 0. The minimum Gasteiger partial charge on any atom is -0.461 e. The fourth-order valence-corrected chi connectivity index (χ4v) is 1.59. The highest BCUT2D eigenvalue weighted by molar-refractivity contribution is 5.90. The normalized spacial score (nSPS) is 11.2. The van der Waals surface area contributed by atoms with Gasteiger partial charge in [0.1, 0.15) is 17.2 Å². The van der Waals surface area contributed by atoms with Crippen molar-refractivity contribution in [1.82, 2.24) is 9.38 Å². The second-order valence-electron chi connectivity index (χ2n) is 3.44. The number of rotatable bonds is 3. The third-order valence-electron chi connectivity index (χ3n) is 2.28. The Hall–Kier alpha value is -2.05. The molecule has 0 amide bonds. The molecular weight excluding hydrogens is 249 g/mol. The first kappa shape index (κ1) is 12.4. The van der Waals surface area contributed by atoms with Gasteiger partial charge in [-0.25, -0.2) is 22.9 Å². The Morgan fingerprint density at radius 1 is 1.50 bits per heavy atom. The van der Waals surface area contributed by atoms with Gasteiger partial charge in [-0.1, -0.05) is 0 Å². The summed E-state index contributed by atoms with van der Waals surface area (Å²) < 4.78 is 44.3. The number of ether oxygens (including phenoxy) is 1. The molecule has 0 saturated carbocycles. The fraction of sp³-hybridized carbons (Fsp3) is 0.273. The number of imidazole rings is 1. The third-order valence-corrected chi connectivity index (χ3v) is 2.28. The molecule has 7 heteroatoms. The molecule has 0 atom stereocenters. The highest BCUT2D eigenvalue weighted by atomic mass is 19.3. The molecule has 0 N–H and O–H groups in total. The molecule has 2 heterocycles. The highest BCUT2D eigenvalue weighted by Crippen LogP contribution is 2.24. The molecule has 4 nitrogen and oxygen atoms in total. The van der Waals surface area contributed by atoms with Gasteiger partial charge in [0, 0.05) is 6.20 Å². The van der Waals surface area contributed by atoms with E-state index in [-0.39, 0.29) is 12.3 Å². The van der Waals surface area contributed by atoms with Crippen molar-refractivity contribution >= 4 is 11.6 Å². The van der Waals surface area contributed by atoms with Crippen molar-refractivity contribution in [3.05, 3.63) is 35.5 Å². The number of pyridine rings is 1. The van der Waals surface area contributed by atoms with Gasteiger partial charge >= 0.3 is 5.97 Å². The number of hydrogen-bond acceptors (Lipinski definition) is 3. The van der Waals surface area contributed by atoms with E-state index in [1.54, 1.807) is 6.92 Å². The van der Waals surface area contributed by atoms with Crippen molar-refractivity contribution in [2.75, 3.05) is 6.61 Å². The van der Waals surface area contributed by atoms with Crippen molar-refractivity contribution in [2.24, 2.45) is 0 Å². The maximum absolute atomic E-state index is 13.1. The van der Waals surface area contributed by atoms with Crippen molar-refractivity contribution in [1.29, 1.82) is 0 Å². The minimum atomic E-state index is -2.94. The topological polar surface area (TPSA) is 43.6 Å². The Morgan fingerprint density at radius 3 is 2.83 bits per heavy atom. The number of alkyl halides is 2. The van der Waals surface area contributed by atoms with Gasteiger partial charge in [-0.15, -0.1) is 0 Å². The zero-order valence-electron chi connectivity index (χ0n) is 9.36. The number of halogens is 3. The van der Waals surface area contributed by atoms with Crippen LogP contribution in [-0.4, -0.2) is 22.0 Å². The lowest BCUT2D eigenvalue weighted by molar-refractivity contribution is 0.0506. The molecule has 0 unspecified atom stereocenters. The van der Waals surface area contributed by atoms with Crippen LogP contribution in [0.4, 0.5) is 13.2 Å². The maximum atomic E-state index is 13.1. The van der Waals surface area contributed by atoms with Gasteiger partial charge in [0.15, 0.2) is 5.69 Å². The predicted octanol–water partition coefficient (Wildman–Crippen LogP) is 2.59. The zero-order valence-corrected chi connectivity index (χ0v) is 9.36. The second-order valence-corrected chi connectivity index (χ2v) is 3.44. The van der Waals surface area contributed by atoms with Gasteiger partial charge in [-0.2, -0.15) is 0 Å². The van der Waals surface area contributed by atoms with Gasteiger partial charge < -0.3 is 4.74 Å². The molecule has 0 bridgehead atoms. The van der Waals surface area contributed by atoms with Crippen LogP contribution in [0.3, 0.4) is 0 Å². The van der Waals surface area contributed by atoms with Crippen molar-refractivity contribution < 1.29 is 22.7 Å². The molecule has 0 aromatic carbocycles. The van der Waals surface area contributed by atoms with Crippen LogP contribution in [0, 0.1) is 5.82 Å². The van der Waals surface area contributed by atoms with Crippen LogP contribution in [-0.2, 0) is 4.74 Å². The van der Waals surface area contributed by atoms with E-state index < -0.39 is 29.6 Å². The van der Waals surface area contributed by atoms with E-state index in [1.165, 1.54) is 6.07 Å². The number of aromatic nitrogens is 2. The fourth-order valence-electron chi connectivity index (χ4n) is 1.59. The summed E-state index contributed by atoms with van der Waals surface area (Å²) in [5, 5.41) is 0. The number of nitrogens with zero attached hydrogens (tertiary/aromatic N) is 2. The quantitative estimate of drug-likeness (QED) is 0.795. The number of esters is 1. The molecule has 0 radical (unpaired) electrons. The molecule has 0 aliphatic heterocycles. The van der Waals surface area contributed by atoms with Gasteiger partial charge in [-0.3, -0.25) is 4.40 Å². The molecule has 2 aromatic heterocycles. The van der Waals surface area contributed by atoms with Crippen LogP contribution in [0.15, 0.2) is 18.3 Å². The molecule has 0 saturated heterocycles. The molecule has 2 rings (SSSR count). The Balaban J connectivity index is 2.68. The van der Waals surface area contributed by atoms with Crippen LogP contribution >= 0.6 is 0 Å². The maximum Gasteiger partial charge on any atom is 0.357 e. The highest BCUT2D eigenvalue weighted by Gasteiger charge is 2.26. The first-order valence-electron chi connectivity index (χ1n) is 5.17. The van der Waals surface area contributed by atoms with Crippen molar-refractivity contribution in [2.45, 2.75) is 13.3 Å². The third kappa shape index (κ3) is 2.03. The van der Waals surface area contributed by atoms with E-state index in [2.05, 4.69) is 9.72 Å². The SMILES string of the molecule is CCOC(=O)c1c(C(F)F)nc2ccc(F)cn12. The van der Waals surface area contributed by atoms with Crippen LogP contribution in [0.1, 0.15) is 29.5 Å². The number of carbonyl (C=O) groups excluding carboxylic acids is 1. The summed E-state index contributed by atoms with van der Waals surface area (Å²) in [4.78, 5) is 15.2. The van der Waals surface area contributed by atoms with Crippen molar-refractivity contribution in [3.8, 4) is 0 Å². The molecule has 0 aliphatic rings. The second kappa shape index (κ2) is 4.67. The average molecular weight is 258 g/mol. The first-order chi connectivity index (χ1) is 8.54. The van der Waals surface area contributed by atoms with Crippen molar-refractivity contribution in [3.63, 3.8) is 0 Å². The Kier molecular flexibility index (Phi) is 3.22. The summed E-state index contributed by atoms with van der Waals surface area (Å²) in [6, 6.07) is 2.29. The van der Waals surface area contributed by atoms with Gasteiger partial charge in [0.2, 0.25) is 0 Å². The largest absolute Gasteiger partial charge is 0.461 e. The van der Waals surface area contributed by atoms with E-state index in [9.17, 15) is 18.0 Å². The standard InChI is InChI=1S/C11H9F3N2O2/c1-2-18-11(17)9-8(10(13)14)15-7-4-3-6(12)5-16(7)9/h3-5,10H,2H2,1H3. The Morgan fingerprint density at radius 2 is 2.22 bits per heavy atom. The molecule has 0 fully saturated rings. The van der Waals surface area contributed by atoms with E-state index in [1.807, 2.05) is 0 Å². The minimum absolute atomic E-state index is 0.0318. The van der Waals surface area contributed by atoms with Crippen LogP contribution < -0.4 is 0 Å². The number of fused-ring (bicyclic) bond motifs is 1. The summed E-state index contributed by atoms with van der Waals surface area (Å²) in [5.74, 6) is -1.61. The van der Waals surface area contributed by atoms with Gasteiger partial charge in [0.25, 0.3) is 6.43 Å². The number of hydrogen-bond donors (Lipinski definition) is 0. The summed E-state index contributed by atoms with van der Waals surface area (Å²) >= 11 is 0. The molecule has 96 valence electrons. The Bertz CT molecular complexity index is 595. The predicted molar refractivity (Wildman–Crippen MR) is 56.1 cm³/mol. The molecule has 0 spiro atoms. The lowest BCUT2D eigenvalue weighted by Crippen LogP contribution is -2.11. The summed E-state index contributed by atoms with van der Waals surface area (Å²) in [6.45, 7) is 1.58. The van der Waals surface area contributed by atoms with E-state index in [0.29, 0.717) is 0 Å². The first-order valence-corrected chi connectivity index (χ1v) is 5.17. The summed E-state index contributed by atoms with van der Waals surface area (Å²) in [5.41, 5.74) is -1.09. The summed E-state index contributed by atoms with van der Waals surface area (Å²) in [6.07, 6.45) is -2.02. The Labute approximate surface area is 100 Å². The molecule has 18 heavy (non-hydrogen) atoms. The van der Waals surface area contributed by atoms with Crippen LogP contribution in [0.2, 0.25) is 0 Å². The smallest absolute Gasteiger partial charge is 0.357 e. The van der Waals surface area contributed by atoms with Crippen LogP contribution in [0.5, 0.6) is 0 Å². The van der Waals surface area contributed by atoms with E-state index in [4.69, 9.17) is 0 Å². The lowest BCUT2D eigenvalue weighted by Gasteiger charge is -2.03. The van der Waals surface area contributed by atoms with E-state index >= 15 is 0 Å². The van der Waals surface area contributed by atoms with Gasteiger partial charge in [0.05, 0.1) is 6.61 Å². The van der Waals surface area contributed by atoms with Gasteiger partial charge in [-0.05, 0) is 19.1 Å². The molecule has 0 aliphatic carbocycles. The van der Waals surface area contributed by atoms with E-state index in [0.717, 1.165) is 16.7 Å². The van der Waals surface area contributed by atoms with Crippen LogP contribution in [0.25, 0.3) is 5.65 Å². The molecular formula is C11H9F3N2O2. The zero-order chi connectivity index (χ0) is 13.3. The molecule has 2 aromatic rings. The lowest BCUT2D eigenvalue weighted by atomic mass is 10.3. The monoisotopic (exact) mass is 258 g/mol.